The van der Waals surface area contributed by atoms with Crippen LogP contribution in [0.5, 0.6) is 0 Å². The second-order valence-electron chi connectivity index (χ2n) is 4.35. The molecule has 0 aliphatic carbocycles. The molecule has 0 spiro atoms. The highest BCUT2D eigenvalue weighted by Crippen LogP contribution is 2.01. The number of hydrazine groups is 1. The molecule has 5 nitrogen and oxygen atoms in total. The Kier molecular flexibility index (Phi) is 5.02. The van der Waals surface area contributed by atoms with Crippen LogP contribution in [0.1, 0.15) is 15.9 Å². The van der Waals surface area contributed by atoms with Crippen LogP contribution >= 0.6 is 0 Å². The second kappa shape index (κ2) is 7.17. The maximum atomic E-state index is 12.7. The predicted molar refractivity (Wildman–Crippen MR) is 75.5 cm³/mol. The van der Waals surface area contributed by atoms with E-state index in [1.54, 1.807) is 41.1 Å². The van der Waals surface area contributed by atoms with Crippen molar-refractivity contribution in [2.24, 2.45) is 0 Å². The maximum absolute atomic E-state index is 12.7. The van der Waals surface area contributed by atoms with Crippen molar-refractivity contribution >= 4 is 13.3 Å². The van der Waals surface area contributed by atoms with Crippen molar-refractivity contribution in [3.05, 3.63) is 65.7 Å². The molecule has 2 rings (SSSR count). The second-order valence-corrected chi connectivity index (χ2v) is 4.35. The third-order valence-electron chi connectivity index (χ3n) is 2.81. The zero-order valence-electron chi connectivity index (χ0n) is 11.2. The van der Waals surface area contributed by atoms with Crippen LogP contribution in [0.2, 0.25) is 0 Å². The lowest BCUT2D eigenvalue weighted by Gasteiger charge is -2.07. The molecule has 2 N–H and O–H groups in total. The quantitative estimate of drug-likeness (QED) is 0.609. The molecule has 0 bridgehead atoms. The average Bonchev–Trinajstić information content (AvgIpc) is 2.50. The number of carbonyl (C=O) groups is 1. The molecule has 0 aliphatic heterocycles. The summed E-state index contributed by atoms with van der Waals surface area (Å²) in [4.78, 5) is 11.9. The summed E-state index contributed by atoms with van der Waals surface area (Å²) in [5.74, 6) is 1.44. The fraction of sp³-hybridized carbons (Fsp3) is 0.0714. The number of amides is 1. The lowest BCUT2D eigenvalue weighted by atomic mass is 9.98. The smallest absolute Gasteiger partial charge is 0.287 e. The highest BCUT2D eigenvalue weighted by molar-refractivity contribution is 6.35. The number of nitriles is 1. The number of pyridine rings is 1. The third-order valence-corrected chi connectivity index (χ3v) is 2.81. The molecule has 0 saturated carbocycles. The summed E-state index contributed by atoms with van der Waals surface area (Å²) in [6.07, 6.45) is 3.33. The van der Waals surface area contributed by atoms with Gasteiger partial charge in [0, 0.05) is 18.7 Å². The summed E-state index contributed by atoms with van der Waals surface area (Å²) in [6, 6.07) is 9.27. The van der Waals surface area contributed by atoms with Crippen LogP contribution in [0.4, 0.5) is 4.39 Å². The molecule has 0 aliphatic rings. The van der Waals surface area contributed by atoms with Crippen LogP contribution < -0.4 is 15.3 Å². The van der Waals surface area contributed by atoms with E-state index in [0.717, 1.165) is 5.56 Å². The van der Waals surface area contributed by atoms with Crippen LogP contribution in [0.25, 0.3) is 0 Å². The molecule has 0 atom stereocenters. The molecule has 1 heterocycles. The van der Waals surface area contributed by atoms with Gasteiger partial charge in [-0.15, -0.1) is 0 Å². The Labute approximate surface area is 122 Å². The van der Waals surface area contributed by atoms with Gasteiger partial charge in [0.05, 0.1) is 11.5 Å². The normalized spacial score (nSPS) is 9.71. The maximum Gasteiger partial charge on any atom is 0.587 e. The van der Waals surface area contributed by atoms with E-state index >= 15 is 0 Å². The molecule has 0 unspecified atom stereocenters. The number of halogens is 1. The van der Waals surface area contributed by atoms with Crippen LogP contribution in [0.15, 0.2) is 48.8 Å². The summed E-state index contributed by atoms with van der Waals surface area (Å²) in [5, 5.41) is 8.56. The van der Waals surface area contributed by atoms with Gasteiger partial charge in [0.25, 0.3) is 5.91 Å². The lowest BCUT2D eigenvalue weighted by molar-refractivity contribution is -0.527. The molecular formula is C14H13BFN4O+. The fourth-order valence-electron chi connectivity index (χ4n) is 1.70. The number of carbonyl (C=O) groups excluding carboxylic acids is 1. The predicted octanol–water partition coefficient (Wildman–Crippen LogP) is 0.228. The Bertz CT molecular complexity index is 652. The first-order valence-corrected chi connectivity index (χ1v) is 6.33. The van der Waals surface area contributed by atoms with E-state index in [9.17, 15) is 9.18 Å². The Hall–Kier alpha value is -2.72. The molecule has 7 heteroatoms. The first-order valence-electron chi connectivity index (χ1n) is 6.33. The zero-order valence-corrected chi connectivity index (χ0v) is 11.2. The minimum Gasteiger partial charge on any atom is -0.287 e. The Morgan fingerprint density at radius 3 is 2.52 bits per heavy atom. The largest absolute Gasteiger partial charge is 0.587 e. The highest BCUT2D eigenvalue weighted by Gasteiger charge is 2.08. The monoisotopic (exact) mass is 283 g/mol. The van der Waals surface area contributed by atoms with Gasteiger partial charge in [0.1, 0.15) is 18.2 Å². The van der Waals surface area contributed by atoms with Gasteiger partial charge in [-0.25, -0.2) is 15.1 Å². The van der Waals surface area contributed by atoms with Gasteiger partial charge in [0.2, 0.25) is 0 Å². The molecule has 2 aromatic rings. The number of hydrogen-bond donors (Lipinski definition) is 2. The van der Waals surface area contributed by atoms with Gasteiger partial charge in [-0.2, -0.15) is 0 Å². The van der Waals surface area contributed by atoms with Gasteiger partial charge < -0.3 is 0 Å². The number of nitrogens with one attached hydrogen (secondary N) is 2. The van der Waals surface area contributed by atoms with Crippen molar-refractivity contribution in [3.8, 4) is 5.97 Å². The van der Waals surface area contributed by atoms with E-state index in [1.807, 2.05) is 5.97 Å². The number of benzene rings is 1. The van der Waals surface area contributed by atoms with Gasteiger partial charge in [-0.1, -0.05) is 12.1 Å². The van der Waals surface area contributed by atoms with Crippen LogP contribution in [-0.2, 0) is 6.54 Å². The lowest BCUT2D eigenvalue weighted by Crippen LogP contribution is -2.40. The molecule has 21 heavy (non-hydrogen) atoms. The van der Waals surface area contributed by atoms with Gasteiger partial charge in [-0.05, 0) is 17.7 Å². The summed E-state index contributed by atoms with van der Waals surface area (Å²) in [7, 11) is 0.241. The van der Waals surface area contributed by atoms with Gasteiger partial charge in [0.15, 0.2) is 0 Å². The van der Waals surface area contributed by atoms with Crippen molar-refractivity contribution in [2.75, 3.05) is 0 Å². The van der Waals surface area contributed by atoms with Crippen LogP contribution in [0, 0.1) is 17.0 Å². The SMILES string of the molecule is N#CB[n+]1ccc(C(=O)NNCc2ccc(F)cc2)cc1. The van der Waals surface area contributed by atoms with Crippen molar-refractivity contribution in [1.29, 1.82) is 5.26 Å². The van der Waals surface area contributed by atoms with E-state index in [1.165, 1.54) is 12.1 Å². The van der Waals surface area contributed by atoms with Crippen molar-refractivity contribution in [3.63, 3.8) is 0 Å². The first-order chi connectivity index (χ1) is 10.2. The van der Waals surface area contributed by atoms with E-state index in [4.69, 9.17) is 5.26 Å². The van der Waals surface area contributed by atoms with Crippen LogP contribution in [0.3, 0.4) is 0 Å². The summed E-state index contributed by atoms with van der Waals surface area (Å²) >= 11 is 0. The molecule has 104 valence electrons. The molecule has 1 aromatic carbocycles. The number of aromatic nitrogens is 1. The minimum absolute atomic E-state index is 0.241. The van der Waals surface area contributed by atoms with E-state index in [-0.39, 0.29) is 19.1 Å². The summed E-state index contributed by atoms with van der Waals surface area (Å²) in [5.41, 5.74) is 6.67. The van der Waals surface area contributed by atoms with Gasteiger partial charge in [-0.3, -0.25) is 14.7 Å². The summed E-state index contributed by atoms with van der Waals surface area (Å²) < 4.78 is 14.4. The number of nitrogens with zero attached hydrogens (tertiary/aromatic N) is 2. The molecule has 1 aromatic heterocycles. The highest BCUT2D eigenvalue weighted by atomic mass is 19.1. The third kappa shape index (κ3) is 4.40. The molecule has 0 saturated heterocycles. The standard InChI is InChI=1S/C14H12BFN4O/c16-13-3-1-11(2-4-13)9-18-19-14(21)12-5-7-20(8-6-12)15-10-17/h1-8,15,21H,9H2/p+1. The van der Waals surface area contributed by atoms with Crippen molar-refractivity contribution in [1.82, 2.24) is 10.9 Å². The van der Waals surface area contributed by atoms with Crippen molar-refractivity contribution in [2.45, 2.75) is 6.54 Å². The average molecular weight is 283 g/mol. The van der Waals surface area contributed by atoms with E-state index in [2.05, 4.69) is 10.9 Å². The van der Waals surface area contributed by atoms with Gasteiger partial charge >= 0.3 is 7.41 Å². The molecule has 1 amide bonds. The van der Waals surface area contributed by atoms with E-state index < -0.39 is 0 Å². The Morgan fingerprint density at radius 1 is 1.24 bits per heavy atom. The van der Waals surface area contributed by atoms with Crippen molar-refractivity contribution < 1.29 is 13.7 Å². The number of hydrogen-bond acceptors (Lipinski definition) is 3. The first kappa shape index (κ1) is 14.7. The Balaban J connectivity index is 1.84. The van der Waals surface area contributed by atoms with Crippen LogP contribution in [-0.4, -0.2) is 13.3 Å². The molecule has 0 fully saturated rings. The topological polar surface area (TPSA) is 68.8 Å². The van der Waals surface area contributed by atoms with E-state index in [0.29, 0.717) is 12.1 Å². The zero-order chi connectivity index (χ0) is 15.1. The number of rotatable bonds is 5. The fourth-order valence-corrected chi connectivity index (χ4v) is 1.70. The molecule has 0 radical (unpaired) electrons. The Morgan fingerprint density at radius 2 is 1.90 bits per heavy atom. The molecular weight excluding hydrogens is 270 g/mol. The summed E-state index contributed by atoms with van der Waals surface area (Å²) in [6.45, 7) is 0.396. The minimum atomic E-state index is -0.294.